The highest BCUT2D eigenvalue weighted by molar-refractivity contribution is 8.07. The van der Waals surface area contributed by atoms with Crippen LogP contribution in [0, 0.1) is 0 Å². The number of aliphatic hydroxyl groups excluding tert-OH is 1. The van der Waals surface area contributed by atoms with E-state index in [0.29, 0.717) is 11.0 Å². The van der Waals surface area contributed by atoms with Crippen molar-refractivity contribution in [1.29, 1.82) is 0 Å². The van der Waals surface area contributed by atoms with Gasteiger partial charge in [-0.05, 0) is 17.9 Å². The van der Waals surface area contributed by atoms with Gasteiger partial charge in [-0.15, -0.1) is 9.05 Å². The van der Waals surface area contributed by atoms with E-state index in [-0.39, 0.29) is 36.0 Å². The Kier molecular flexibility index (Phi) is 7.26. The predicted octanol–water partition coefficient (Wildman–Crippen LogP) is -0.0339. The van der Waals surface area contributed by atoms with Crippen LogP contribution in [0.3, 0.4) is 0 Å². The molecule has 2 bridgehead atoms. The average molecular weight is 656 g/mol. The molecule has 0 radical (unpaired) electrons. The van der Waals surface area contributed by atoms with Gasteiger partial charge in [0.15, 0.2) is 29.7 Å². The summed E-state index contributed by atoms with van der Waals surface area (Å²) in [5.41, 5.74) is 11.6. The van der Waals surface area contributed by atoms with E-state index in [1.54, 1.807) is 12.3 Å². The number of rotatable bonds is 2. The minimum atomic E-state index is -4.00. The van der Waals surface area contributed by atoms with Gasteiger partial charge in [0.1, 0.15) is 42.7 Å². The quantitative estimate of drug-likeness (QED) is 0.177. The third-order valence-corrected chi connectivity index (χ3v) is 9.60. The van der Waals surface area contributed by atoms with Crippen LogP contribution in [-0.4, -0.2) is 87.8 Å². The number of nitrogens with zero attached hydrogens (tertiary/aromatic N) is 6. The largest absolute Gasteiger partial charge is 0.697 e. The molecule has 3 saturated heterocycles. The Bertz CT molecular complexity index is 1840. The molecule has 7 rings (SSSR count). The number of nitrogen functional groups attached to an aromatic ring is 2. The fourth-order valence-corrected chi connectivity index (χ4v) is 7.60. The molecule has 7 N–H and O–H groups in total. The van der Waals surface area contributed by atoms with Gasteiger partial charge in [0.05, 0.1) is 24.4 Å². The zero-order chi connectivity index (χ0) is 30.0. The average Bonchev–Trinajstić information content (AvgIpc) is 3.72. The third kappa shape index (κ3) is 5.23. The monoisotopic (exact) mass is 656 g/mol. The van der Waals surface area contributed by atoms with Gasteiger partial charge in [0.25, 0.3) is 5.56 Å². The van der Waals surface area contributed by atoms with E-state index < -0.39 is 70.1 Å². The van der Waals surface area contributed by atoms with Crippen molar-refractivity contribution in [1.82, 2.24) is 34.1 Å². The van der Waals surface area contributed by atoms with E-state index >= 15 is 0 Å². The minimum Gasteiger partial charge on any atom is -0.385 e. The van der Waals surface area contributed by atoms with Crippen molar-refractivity contribution in [3.63, 3.8) is 0 Å². The highest BCUT2D eigenvalue weighted by Crippen LogP contribution is 2.51. The van der Waals surface area contributed by atoms with Crippen LogP contribution in [-0.2, 0) is 43.9 Å². The van der Waals surface area contributed by atoms with Crippen molar-refractivity contribution in [3.05, 3.63) is 35.3 Å². The van der Waals surface area contributed by atoms with Gasteiger partial charge < -0.3 is 44.6 Å². The van der Waals surface area contributed by atoms with Gasteiger partial charge in [-0.3, -0.25) is 14.3 Å². The molecule has 9 atom stereocenters. The molecular weight excluding hydrogens is 632 g/mol. The van der Waals surface area contributed by atoms with Crippen molar-refractivity contribution in [2.75, 3.05) is 24.7 Å². The van der Waals surface area contributed by atoms with Crippen LogP contribution in [0.25, 0.3) is 22.2 Å². The molecule has 3 fully saturated rings. The number of aliphatic hydroxyl groups is 1. The fraction of sp³-hybridized carbons (Fsp3) is 0.476. The molecule has 3 aliphatic rings. The number of hydrogen-bond donors (Lipinski definition) is 5. The van der Waals surface area contributed by atoms with Crippen LogP contribution in [0.2, 0.25) is 0 Å². The lowest BCUT2D eigenvalue weighted by molar-refractivity contribution is -0.0589. The summed E-state index contributed by atoms with van der Waals surface area (Å²) in [4.78, 5) is 42.1. The number of imidazole rings is 1. The van der Waals surface area contributed by atoms with Crippen molar-refractivity contribution in [3.8, 4) is 0 Å². The Balaban J connectivity index is 1.16. The van der Waals surface area contributed by atoms with Crippen molar-refractivity contribution >= 4 is 60.7 Å². The Morgan fingerprint density at radius 3 is 2.79 bits per heavy atom. The summed E-state index contributed by atoms with van der Waals surface area (Å²) < 4.78 is 50.5. The molecule has 4 aromatic rings. The number of aromatic nitrogens is 7. The van der Waals surface area contributed by atoms with Crippen LogP contribution in [0.1, 0.15) is 18.9 Å². The molecule has 0 amide bonds. The van der Waals surface area contributed by atoms with E-state index in [2.05, 4.69) is 24.9 Å². The number of H-pyrrole nitrogens is 1. The second-order valence-electron chi connectivity index (χ2n) is 9.93. The normalized spacial score (nSPS) is 34.6. The van der Waals surface area contributed by atoms with E-state index in [1.807, 2.05) is 0 Å². The summed E-state index contributed by atoms with van der Waals surface area (Å²) in [6.07, 6.45) is -3.09. The maximum absolute atomic E-state index is 12.9. The molecule has 0 spiro atoms. The van der Waals surface area contributed by atoms with Crippen LogP contribution >= 0.6 is 15.0 Å². The Morgan fingerprint density at radius 2 is 1.95 bits per heavy atom. The van der Waals surface area contributed by atoms with Gasteiger partial charge in [0.2, 0.25) is 5.95 Å². The smallest absolute Gasteiger partial charge is 0.385 e. The Morgan fingerprint density at radius 1 is 1.12 bits per heavy atom. The number of anilines is 2. The van der Waals surface area contributed by atoms with Gasteiger partial charge in [-0.1, -0.05) is 0 Å². The molecule has 22 heteroatoms. The number of nitrogens with one attached hydrogen (secondary N) is 1. The van der Waals surface area contributed by atoms with Crippen molar-refractivity contribution < 1.29 is 42.1 Å². The molecule has 2 unspecified atom stereocenters. The molecule has 3 aliphatic heterocycles. The molecule has 19 nitrogen and oxygen atoms in total. The molecule has 4 aromatic heterocycles. The van der Waals surface area contributed by atoms with Crippen LogP contribution < -0.4 is 17.0 Å². The number of fused-ring (bicyclic) bond motifs is 5. The molecule has 43 heavy (non-hydrogen) atoms. The summed E-state index contributed by atoms with van der Waals surface area (Å²) in [5.74, 6) is 0.0924. The molecular formula is C21H24N9O10P2S+. The van der Waals surface area contributed by atoms with Crippen LogP contribution in [0.5, 0.6) is 0 Å². The summed E-state index contributed by atoms with van der Waals surface area (Å²) in [6, 6.07) is 1.66. The molecule has 0 aliphatic carbocycles. The Labute approximate surface area is 246 Å². The first-order valence-corrected chi connectivity index (χ1v) is 16.5. The summed E-state index contributed by atoms with van der Waals surface area (Å²) in [5, 5.41) is 11.7. The van der Waals surface area contributed by atoms with Gasteiger partial charge in [-0.2, -0.15) is 4.98 Å². The fourth-order valence-electron chi connectivity index (χ4n) is 5.34. The number of aromatic amines is 1. The summed E-state index contributed by atoms with van der Waals surface area (Å²) >= 11 is 5.31. The van der Waals surface area contributed by atoms with Gasteiger partial charge in [0, 0.05) is 17.2 Å². The maximum atomic E-state index is 12.9. The zero-order valence-electron chi connectivity index (χ0n) is 21.8. The molecule has 228 valence electrons. The zero-order valence-corrected chi connectivity index (χ0v) is 24.4. The SMILES string of the molecule is Nc1nc2c(ncn2[C@@H]2O[C@@H]3CO[P+](=O)O[C@H]4[C@@H](O)[C@H](n5ccc6c(N)ncnc65)O[C@@H]4COP(O)(=S)O[C@@H]2C3)c(=O)[nH]1. The lowest BCUT2D eigenvalue weighted by atomic mass is 10.1. The maximum Gasteiger partial charge on any atom is 0.697 e. The number of ether oxygens (including phenoxy) is 2. The van der Waals surface area contributed by atoms with Crippen molar-refractivity contribution in [2.45, 2.75) is 49.4 Å². The first-order chi connectivity index (χ1) is 20.6. The van der Waals surface area contributed by atoms with E-state index in [0.717, 1.165) is 0 Å². The lowest BCUT2D eigenvalue weighted by Crippen LogP contribution is -2.35. The van der Waals surface area contributed by atoms with Crippen LogP contribution in [0.4, 0.5) is 11.8 Å². The molecule has 0 aromatic carbocycles. The van der Waals surface area contributed by atoms with Crippen molar-refractivity contribution in [2.24, 2.45) is 0 Å². The number of hydrogen-bond acceptors (Lipinski definition) is 16. The predicted molar refractivity (Wildman–Crippen MR) is 149 cm³/mol. The van der Waals surface area contributed by atoms with E-state index in [4.69, 9.17) is 50.8 Å². The lowest BCUT2D eigenvalue weighted by Gasteiger charge is -2.25. The second kappa shape index (κ2) is 10.9. The van der Waals surface area contributed by atoms with E-state index in [9.17, 15) is 19.4 Å². The Hall–Kier alpha value is -3.00. The topological polar surface area (TPSA) is 259 Å². The second-order valence-corrected chi connectivity index (χ2v) is 13.6. The first-order valence-electron chi connectivity index (χ1n) is 12.8. The van der Waals surface area contributed by atoms with E-state index in [1.165, 1.54) is 21.8 Å². The third-order valence-electron chi connectivity index (χ3n) is 7.24. The molecule has 0 saturated carbocycles. The van der Waals surface area contributed by atoms with Gasteiger partial charge >= 0.3 is 15.0 Å². The molecule has 7 heterocycles. The van der Waals surface area contributed by atoms with Crippen LogP contribution in [0.15, 0.2) is 29.7 Å². The minimum absolute atomic E-state index is 0.00368. The highest BCUT2D eigenvalue weighted by atomic mass is 32.5. The summed E-state index contributed by atoms with van der Waals surface area (Å²) in [6.45, 7) is -4.63. The summed E-state index contributed by atoms with van der Waals surface area (Å²) in [7, 11) is -2.80. The standard InChI is InChI=1S/C21H23N9O10P2S/c22-15-9-1-2-29(16(9)25-6-24-15)20-13(31)14-11(38-20)5-36-42(34,43)40-10-3-8(4-35-41(33)39-14)37-19(10)30-7-26-12-17(30)27-21(23)28-18(12)32/h1-2,6-8,10-11,13-14,19-20,31H,3-5H2,(H5-,22,23,24,25,27,28,32,34,43)/p+1/t8-,10+,11+,13+,14+,19+,20+,42?/m0/s1. The first kappa shape index (κ1) is 28.8. The van der Waals surface area contributed by atoms with Gasteiger partial charge in [-0.25, -0.2) is 15.0 Å². The number of nitrogens with two attached hydrogens (primary N) is 2. The highest BCUT2D eigenvalue weighted by Gasteiger charge is 2.52.